The molecule has 0 aromatic carbocycles. The van der Waals surface area contributed by atoms with E-state index in [1.54, 1.807) is 6.08 Å². The number of carbonyl (C=O) groups excluding carboxylic acids is 1. The predicted octanol–water partition coefficient (Wildman–Crippen LogP) is 2.19. The van der Waals surface area contributed by atoms with Crippen LogP contribution in [-0.4, -0.2) is 31.8 Å². The van der Waals surface area contributed by atoms with E-state index in [-0.39, 0.29) is 9.78 Å². The van der Waals surface area contributed by atoms with E-state index in [2.05, 4.69) is 0 Å². The molecule has 3 heterocycles. The fourth-order valence-electron chi connectivity index (χ4n) is 2.55. The van der Waals surface area contributed by atoms with Gasteiger partial charge in [0, 0.05) is 28.4 Å². The first kappa shape index (κ1) is 17.3. The van der Waals surface area contributed by atoms with Crippen molar-refractivity contribution < 1.29 is 18.3 Å². The van der Waals surface area contributed by atoms with Crippen molar-refractivity contribution in [1.29, 1.82) is 0 Å². The SMILES string of the molecule is Cc1ccsc1/C=C(\C(=O)[O-])c1ccc(S(=O)(=O)N2CCCC2)s1. The highest BCUT2D eigenvalue weighted by atomic mass is 32.2. The van der Waals surface area contributed by atoms with Crippen molar-refractivity contribution in [3.8, 4) is 0 Å². The minimum absolute atomic E-state index is 0.00780. The highest BCUT2D eigenvalue weighted by Crippen LogP contribution is 2.32. The zero-order valence-electron chi connectivity index (χ0n) is 13.0. The van der Waals surface area contributed by atoms with Crippen LogP contribution in [0.4, 0.5) is 0 Å². The number of hydrogen-bond acceptors (Lipinski definition) is 6. The average molecular weight is 383 g/mol. The molecule has 1 fully saturated rings. The zero-order valence-corrected chi connectivity index (χ0v) is 15.5. The first-order valence-electron chi connectivity index (χ1n) is 7.47. The second-order valence-electron chi connectivity index (χ2n) is 5.54. The van der Waals surface area contributed by atoms with Gasteiger partial charge in [0.2, 0.25) is 0 Å². The monoisotopic (exact) mass is 382 g/mol. The van der Waals surface area contributed by atoms with E-state index in [0.29, 0.717) is 18.0 Å². The Kier molecular flexibility index (Phi) is 4.91. The molecular weight excluding hydrogens is 366 g/mol. The van der Waals surface area contributed by atoms with Gasteiger partial charge in [-0.3, -0.25) is 0 Å². The molecule has 8 heteroatoms. The van der Waals surface area contributed by atoms with Crippen molar-refractivity contribution >= 4 is 50.3 Å². The average Bonchev–Trinajstić information content (AvgIpc) is 3.27. The summed E-state index contributed by atoms with van der Waals surface area (Å²) >= 11 is 2.41. The van der Waals surface area contributed by atoms with Crippen LogP contribution in [0.5, 0.6) is 0 Å². The van der Waals surface area contributed by atoms with Gasteiger partial charge in [-0.1, -0.05) is 0 Å². The van der Waals surface area contributed by atoms with Crippen molar-refractivity contribution in [2.24, 2.45) is 0 Å². The molecule has 3 rings (SSSR count). The molecule has 2 aromatic rings. The van der Waals surface area contributed by atoms with E-state index >= 15 is 0 Å². The van der Waals surface area contributed by atoms with E-state index in [4.69, 9.17) is 0 Å². The molecule has 0 saturated carbocycles. The molecular formula is C16H16NO4S3-. The Balaban J connectivity index is 1.97. The smallest absolute Gasteiger partial charge is 0.252 e. The van der Waals surface area contributed by atoms with Crippen molar-refractivity contribution in [3.63, 3.8) is 0 Å². The van der Waals surface area contributed by atoms with Crippen molar-refractivity contribution in [2.45, 2.75) is 24.0 Å². The van der Waals surface area contributed by atoms with Crippen LogP contribution in [0.15, 0.2) is 27.8 Å². The molecule has 0 atom stereocenters. The Morgan fingerprint density at radius 3 is 2.54 bits per heavy atom. The summed E-state index contributed by atoms with van der Waals surface area (Å²) in [5.41, 5.74) is 0.980. The maximum absolute atomic E-state index is 12.6. The van der Waals surface area contributed by atoms with E-state index in [0.717, 1.165) is 34.6 Å². The highest BCUT2D eigenvalue weighted by Gasteiger charge is 2.28. The number of aliphatic carboxylic acids is 1. The van der Waals surface area contributed by atoms with Crippen LogP contribution >= 0.6 is 22.7 Å². The van der Waals surface area contributed by atoms with E-state index in [1.807, 2.05) is 18.4 Å². The molecule has 0 unspecified atom stereocenters. The molecule has 0 radical (unpaired) electrons. The van der Waals surface area contributed by atoms with Crippen LogP contribution in [0.2, 0.25) is 0 Å². The summed E-state index contributed by atoms with van der Waals surface area (Å²) in [7, 11) is -3.53. The third kappa shape index (κ3) is 3.32. The first-order chi connectivity index (χ1) is 11.4. The molecule has 1 saturated heterocycles. The van der Waals surface area contributed by atoms with Gasteiger partial charge >= 0.3 is 0 Å². The number of carboxylic acids is 1. The number of carboxylic acid groups (broad SMARTS) is 1. The summed E-state index contributed by atoms with van der Waals surface area (Å²) in [5, 5.41) is 13.4. The molecule has 0 N–H and O–H groups in total. The summed E-state index contributed by atoms with van der Waals surface area (Å²) in [5.74, 6) is -1.31. The molecule has 24 heavy (non-hydrogen) atoms. The normalized spacial score (nSPS) is 16.6. The second-order valence-corrected chi connectivity index (χ2v) is 9.74. The molecule has 0 bridgehead atoms. The van der Waals surface area contributed by atoms with Crippen molar-refractivity contribution in [2.75, 3.05) is 13.1 Å². The minimum atomic E-state index is -3.53. The Morgan fingerprint density at radius 1 is 1.25 bits per heavy atom. The number of sulfonamides is 1. The highest BCUT2D eigenvalue weighted by molar-refractivity contribution is 7.91. The van der Waals surface area contributed by atoms with Gasteiger partial charge in [-0.25, -0.2) is 8.42 Å². The van der Waals surface area contributed by atoms with Gasteiger partial charge in [0.15, 0.2) is 0 Å². The summed E-state index contributed by atoms with van der Waals surface area (Å²) in [6, 6.07) is 4.92. The Labute approximate surface area is 148 Å². The number of thiophene rings is 2. The molecule has 5 nitrogen and oxygen atoms in total. The Morgan fingerprint density at radius 2 is 1.96 bits per heavy atom. The minimum Gasteiger partial charge on any atom is -0.545 e. The topological polar surface area (TPSA) is 77.5 Å². The largest absolute Gasteiger partial charge is 0.545 e. The van der Waals surface area contributed by atoms with Crippen molar-refractivity contribution in [1.82, 2.24) is 4.31 Å². The number of hydrogen-bond donors (Lipinski definition) is 0. The number of carbonyl (C=O) groups is 1. The molecule has 1 aliphatic rings. The maximum Gasteiger partial charge on any atom is 0.252 e. The van der Waals surface area contributed by atoms with E-state index < -0.39 is 16.0 Å². The second kappa shape index (κ2) is 6.79. The lowest BCUT2D eigenvalue weighted by molar-refractivity contribution is -0.295. The summed E-state index contributed by atoms with van der Waals surface area (Å²) < 4.78 is 26.8. The lowest BCUT2D eigenvalue weighted by Crippen LogP contribution is -2.27. The van der Waals surface area contributed by atoms with Gasteiger partial charge in [-0.15, -0.1) is 22.7 Å². The third-order valence-corrected chi connectivity index (χ3v) is 8.35. The zero-order chi connectivity index (χ0) is 17.3. The third-order valence-electron chi connectivity index (χ3n) is 3.90. The Bertz CT molecular complexity index is 886. The number of nitrogens with zero attached hydrogens (tertiary/aromatic N) is 1. The lowest BCUT2D eigenvalue weighted by Gasteiger charge is -2.13. The fraction of sp³-hybridized carbons (Fsp3) is 0.312. The van der Waals surface area contributed by atoms with Gasteiger partial charge in [0.1, 0.15) is 4.21 Å². The van der Waals surface area contributed by atoms with Crippen LogP contribution in [0.1, 0.15) is 28.2 Å². The Hall–Kier alpha value is -1.48. The van der Waals surface area contributed by atoms with Gasteiger partial charge in [-0.05, 0) is 55.0 Å². The first-order valence-corrected chi connectivity index (χ1v) is 10.6. The molecule has 2 aromatic heterocycles. The molecule has 0 aliphatic carbocycles. The standard InChI is InChI=1S/C16H17NO4S3/c1-11-6-9-22-14(11)10-12(16(18)19)13-4-5-15(23-13)24(20,21)17-7-2-3-8-17/h4-6,9-10H,2-3,7-8H2,1H3,(H,18,19)/p-1/b12-10-. The van der Waals surface area contributed by atoms with Gasteiger partial charge in [0.25, 0.3) is 10.0 Å². The van der Waals surface area contributed by atoms with Gasteiger partial charge in [0.05, 0.1) is 5.97 Å². The molecule has 1 aliphatic heterocycles. The van der Waals surface area contributed by atoms with E-state index in [9.17, 15) is 18.3 Å². The van der Waals surface area contributed by atoms with Crippen molar-refractivity contribution in [3.05, 3.63) is 38.9 Å². The quantitative estimate of drug-likeness (QED) is 0.743. The predicted molar refractivity (Wildman–Crippen MR) is 94.2 cm³/mol. The molecule has 128 valence electrons. The van der Waals surface area contributed by atoms with Crippen LogP contribution in [-0.2, 0) is 14.8 Å². The fourth-order valence-corrected chi connectivity index (χ4v) is 6.39. The van der Waals surface area contributed by atoms with Crippen LogP contribution in [0.25, 0.3) is 11.6 Å². The summed E-state index contributed by atoms with van der Waals surface area (Å²) in [6.45, 7) is 2.94. The van der Waals surface area contributed by atoms with Crippen LogP contribution < -0.4 is 5.11 Å². The van der Waals surface area contributed by atoms with E-state index in [1.165, 1.54) is 27.8 Å². The van der Waals surface area contributed by atoms with Gasteiger partial charge < -0.3 is 9.90 Å². The summed E-state index contributed by atoms with van der Waals surface area (Å²) in [4.78, 5) is 12.7. The lowest BCUT2D eigenvalue weighted by atomic mass is 10.1. The summed E-state index contributed by atoms with van der Waals surface area (Å²) in [6.07, 6.45) is 3.27. The van der Waals surface area contributed by atoms with Crippen LogP contribution in [0.3, 0.4) is 0 Å². The molecule has 0 amide bonds. The maximum atomic E-state index is 12.6. The number of aryl methyl sites for hydroxylation is 1. The molecule has 0 spiro atoms. The van der Waals surface area contributed by atoms with Crippen LogP contribution in [0, 0.1) is 6.92 Å². The number of rotatable bonds is 5. The van der Waals surface area contributed by atoms with Gasteiger partial charge in [-0.2, -0.15) is 4.31 Å².